The number of rotatable bonds is 4. The van der Waals surface area contributed by atoms with Gasteiger partial charge in [-0.15, -0.1) is 0 Å². The van der Waals surface area contributed by atoms with Crippen LogP contribution in [0.1, 0.15) is 11.3 Å². The van der Waals surface area contributed by atoms with E-state index in [9.17, 15) is 4.39 Å². The van der Waals surface area contributed by atoms with E-state index in [0.29, 0.717) is 22.7 Å². The fourth-order valence-electron chi connectivity index (χ4n) is 1.86. The van der Waals surface area contributed by atoms with Crippen molar-refractivity contribution in [2.24, 2.45) is 7.05 Å². The van der Waals surface area contributed by atoms with Gasteiger partial charge in [0.1, 0.15) is 11.6 Å². The Morgan fingerprint density at radius 3 is 2.89 bits per heavy atom. The van der Waals surface area contributed by atoms with Crippen LogP contribution in [0.4, 0.5) is 10.2 Å². The maximum atomic E-state index is 12.9. The lowest BCUT2D eigenvalue weighted by atomic mass is 10.2. The number of nitrogens with zero attached hydrogens (tertiary/aromatic N) is 3. The van der Waals surface area contributed by atoms with Gasteiger partial charge in [0.25, 0.3) is 0 Å². The van der Waals surface area contributed by atoms with E-state index in [4.69, 9.17) is 4.74 Å². The molecule has 0 spiro atoms. The number of aromatic nitrogens is 3. The predicted octanol–water partition coefficient (Wildman–Crippen LogP) is 2.65. The van der Waals surface area contributed by atoms with Crippen LogP contribution < -0.4 is 10.1 Å². The number of ether oxygens (including phenoxy) is 1. The minimum atomic E-state index is -0.382. The van der Waals surface area contributed by atoms with Gasteiger partial charge in [-0.3, -0.25) is 0 Å². The van der Waals surface area contributed by atoms with Gasteiger partial charge in [0.15, 0.2) is 0 Å². The first-order valence-corrected chi connectivity index (χ1v) is 6.43. The van der Waals surface area contributed by atoms with Crippen molar-refractivity contribution in [1.29, 1.82) is 0 Å². The van der Waals surface area contributed by atoms with E-state index in [1.165, 1.54) is 12.3 Å². The molecule has 0 amide bonds. The molecule has 2 aromatic rings. The second-order valence-corrected chi connectivity index (χ2v) is 4.89. The Labute approximate surface area is 118 Å². The van der Waals surface area contributed by atoms with Gasteiger partial charge in [0.05, 0.1) is 29.0 Å². The van der Waals surface area contributed by atoms with Crippen molar-refractivity contribution >= 4 is 21.7 Å². The second-order valence-electron chi connectivity index (χ2n) is 4.03. The standard InChI is InChI=1S/C12H14BrFN4O/c1-7-9(12(19-3)18(2)17-7)6-16-11-10(13)4-8(14)5-15-11/h4-5H,6H2,1-3H3,(H,15,16). The molecule has 5 nitrogen and oxygen atoms in total. The van der Waals surface area contributed by atoms with Crippen molar-refractivity contribution in [3.8, 4) is 5.88 Å². The van der Waals surface area contributed by atoms with E-state index in [1.54, 1.807) is 11.8 Å². The number of methoxy groups -OCH3 is 1. The van der Waals surface area contributed by atoms with Crippen LogP contribution in [-0.2, 0) is 13.6 Å². The first-order valence-electron chi connectivity index (χ1n) is 5.64. The molecule has 0 atom stereocenters. The molecule has 0 saturated carbocycles. The normalized spacial score (nSPS) is 10.6. The Kier molecular flexibility index (Phi) is 4.04. The summed E-state index contributed by atoms with van der Waals surface area (Å²) in [7, 11) is 3.42. The van der Waals surface area contributed by atoms with Crippen molar-refractivity contribution in [2.75, 3.05) is 12.4 Å². The average Bonchev–Trinajstić information content (AvgIpc) is 2.62. The minimum absolute atomic E-state index is 0.382. The van der Waals surface area contributed by atoms with Crippen LogP contribution in [0.5, 0.6) is 5.88 Å². The molecule has 7 heteroatoms. The van der Waals surface area contributed by atoms with Gasteiger partial charge >= 0.3 is 0 Å². The molecule has 2 aromatic heterocycles. The van der Waals surface area contributed by atoms with Crippen LogP contribution in [0.2, 0.25) is 0 Å². The van der Waals surface area contributed by atoms with Crippen LogP contribution >= 0.6 is 15.9 Å². The quantitative estimate of drug-likeness (QED) is 0.937. The zero-order valence-electron chi connectivity index (χ0n) is 10.9. The summed E-state index contributed by atoms with van der Waals surface area (Å²) < 4.78 is 20.5. The largest absolute Gasteiger partial charge is 0.481 e. The third kappa shape index (κ3) is 2.86. The molecule has 0 saturated heterocycles. The smallest absolute Gasteiger partial charge is 0.216 e. The number of hydrogen-bond acceptors (Lipinski definition) is 4. The highest BCUT2D eigenvalue weighted by atomic mass is 79.9. The Bertz CT molecular complexity index is 600. The Balaban J connectivity index is 2.19. The van der Waals surface area contributed by atoms with Gasteiger partial charge in [0.2, 0.25) is 5.88 Å². The van der Waals surface area contributed by atoms with Crippen molar-refractivity contribution < 1.29 is 9.13 Å². The number of anilines is 1. The van der Waals surface area contributed by atoms with E-state index in [1.807, 2.05) is 14.0 Å². The molecule has 2 rings (SSSR count). The summed E-state index contributed by atoms with van der Waals surface area (Å²) in [6.45, 7) is 2.41. The lowest BCUT2D eigenvalue weighted by Gasteiger charge is -2.08. The lowest BCUT2D eigenvalue weighted by Crippen LogP contribution is -2.05. The molecular formula is C12H14BrFN4O. The molecule has 102 valence electrons. The number of halogens is 2. The molecule has 0 bridgehead atoms. The maximum absolute atomic E-state index is 12.9. The molecule has 19 heavy (non-hydrogen) atoms. The van der Waals surface area contributed by atoms with E-state index in [0.717, 1.165) is 11.3 Å². The highest BCUT2D eigenvalue weighted by molar-refractivity contribution is 9.10. The third-order valence-corrected chi connectivity index (χ3v) is 3.33. The topological polar surface area (TPSA) is 52.0 Å². The van der Waals surface area contributed by atoms with Crippen molar-refractivity contribution in [2.45, 2.75) is 13.5 Å². The monoisotopic (exact) mass is 328 g/mol. The molecule has 0 aliphatic heterocycles. The van der Waals surface area contributed by atoms with Crippen LogP contribution in [-0.4, -0.2) is 21.9 Å². The van der Waals surface area contributed by atoms with E-state index < -0.39 is 0 Å². The molecule has 2 heterocycles. The van der Waals surface area contributed by atoms with Crippen LogP contribution in [0.25, 0.3) is 0 Å². The summed E-state index contributed by atoms with van der Waals surface area (Å²) in [5.74, 6) is 0.891. The third-order valence-electron chi connectivity index (χ3n) is 2.72. The predicted molar refractivity (Wildman–Crippen MR) is 73.7 cm³/mol. The first-order chi connectivity index (χ1) is 9.02. The second kappa shape index (κ2) is 5.56. The van der Waals surface area contributed by atoms with Crippen molar-refractivity contribution in [3.63, 3.8) is 0 Å². The SMILES string of the molecule is COc1c(CNc2ncc(F)cc2Br)c(C)nn1C. The van der Waals surface area contributed by atoms with Gasteiger partial charge in [-0.2, -0.15) is 5.10 Å². The average molecular weight is 329 g/mol. The molecule has 0 radical (unpaired) electrons. The molecule has 0 aromatic carbocycles. The number of pyridine rings is 1. The molecule has 0 aliphatic rings. The molecular weight excluding hydrogens is 315 g/mol. The van der Waals surface area contributed by atoms with E-state index in [-0.39, 0.29) is 5.82 Å². The Morgan fingerprint density at radius 2 is 2.26 bits per heavy atom. The maximum Gasteiger partial charge on any atom is 0.216 e. The molecule has 1 N–H and O–H groups in total. The van der Waals surface area contributed by atoms with Gasteiger partial charge in [0, 0.05) is 13.6 Å². The number of nitrogens with one attached hydrogen (secondary N) is 1. The van der Waals surface area contributed by atoms with Gasteiger partial charge in [-0.25, -0.2) is 14.1 Å². The fraction of sp³-hybridized carbons (Fsp3) is 0.333. The summed E-state index contributed by atoms with van der Waals surface area (Å²) in [6, 6.07) is 1.36. The first kappa shape index (κ1) is 13.8. The zero-order valence-corrected chi connectivity index (χ0v) is 12.5. The highest BCUT2D eigenvalue weighted by Gasteiger charge is 2.14. The molecule has 0 unspecified atom stereocenters. The van der Waals surface area contributed by atoms with Crippen molar-refractivity contribution in [1.82, 2.24) is 14.8 Å². The number of hydrogen-bond donors (Lipinski definition) is 1. The summed E-state index contributed by atoms with van der Waals surface area (Å²) in [5.41, 5.74) is 1.83. The van der Waals surface area contributed by atoms with Gasteiger partial charge < -0.3 is 10.1 Å². The lowest BCUT2D eigenvalue weighted by molar-refractivity contribution is 0.369. The Hall–Kier alpha value is -1.63. The summed E-state index contributed by atoms with van der Waals surface area (Å²) in [4.78, 5) is 3.98. The van der Waals surface area contributed by atoms with E-state index >= 15 is 0 Å². The summed E-state index contributed by atoms with van der Waals surface area (Å²) >= 11 is 3.26. The van der Waals surface area contributed by atoms with Crippen LogP contribution in [0.15, 0.2) is 16.7 Å². The molecule has 0 aliphatic carbocycles. The summed E-state index contributed by atoms with van der Waals surface area (Å²) in [6.07, 6.45) is 1.17. The van der Waals surface area contributed by atoms with Crippen LogP contribution in [0, 0.1) is 12.7 Å². The van der Waals surface area contributed by atoms with Crippen LogP contribution in [0.3, 0.4) is 0 Å². The van der Waals surface area contributed by atoms with Gasteiger partial charge in [-0.1, -0.05) is 0 Å². The number of aryl methyl sites for hydroxylation is 2. The summed E-state index contributed by atoms with van der Waals surface area (Å²) in [5, 5.41) is 7.42. The molecule has 0 fully saturated rings. The zero-order chi connectivity index (χ0) is 14.0. The van der Waals surface area contributed by atoms with E-state index in [2.05, 4.69) is 31.3 Å². The highest BCUT2D eigenvalue weighted by Crippen LogP contribution is 2.24. The van der Waals surface area contributed by atoms with Gasteiger partial charge in [-0.05, 0) is 28.9 Å². The van der Waals surface area contributed by atoms with Crippen molar-refractivity contribution in [3.05, 3.63) is 33.8 Å². The minimum Gasteiger partial charge on any atom is -0.481 e. The Morgan fingerprint density at radius 1 is 1.53 bits per heavy atom. The fourth-order valence-corrected chi connectivity index (χ4v) is 2.32.